The lowest BCUT2D eigenvalue weighted by Gasteiger charge is -2.27. The van der Waals surface area contributed by atoms with Gasteiger partial charge in [0.05, 0.1) is 13.2 Å². The zero-order valence-corrected chi connectivity index (χ0v) is 14.9. The summed E-state index contributed by atoms with van der Waals surface area (Å²) in [4.78, 5) is 18.0. The number of nitrogens with zero attached hydrogens (tertiary/aromatic N) is 3. The largest absolute Gasteiger partial charge is 0.373 e. The fourth-order valence-electron chi connectivity index (χ4n) is 2.80. The predicted molar refractivity (Wildman–Crippen MR) is 92.4 cm³/mol. The normalized spacial score (nSPS) is 18.2. The van der Waals surface area contributed by atoms with Gasteiger partial charge in [-0.05, 0) is 17.7 Å². The first-order valence-electron chi connectivity index (χ1n) is 8.09. The molecule has 1 aliphatic rings. The number of aromatic nitrogens is 2. The van der Waals surface area contributed by atoms with E-state index in [2.05, 4.69) is 10.3 Å². The number of aryl methyl sites for hydroxylation is 1. The van der Waals surface area contributed by atoms with E-state index >= 15 is 0 Å². The van der Waals surface area contributed by atoms with Gasteiger partial charge in [-0.3, -0.25) is 0 Å². The fourth-order valence-corrected chi connectivity index (χ4v) is 2.92. The molecule has 140 valence electrons. The Balaban J connectivity index is 1.84. The molecule has 0 saturated carbocycles. The number of nitrogens with one attached hydrogen (secondary N) is 1. The number of hydrogen-bond acceptors (Lipinski definition) is 3. The number of rotatable bonds is 3. The maximum Gasteiger partial charge on any atom is 0.318 e. The molecule has 6 nitrogen and oxygen atoms in total. The topological polar surface area (TPSA) is 59.4 Å². The summed E-state index contributed by atoms with van der Waals surface area (Å²) >= 11 is 5.94. The summed E-state index contributed by atoms with van der Waals surface area (Å²) < 4.78 is 34.1. The van der Waals surface area contributed by atoms with Crippen molar-refractivity contribution in [1.82, 2.24) is 19.8 Å². The smallest absolute Gasteiger partial charge is 0.318 e. The van der Waals surface area contributed by atoms with Crippen LogP contribution in [-0.2, 0) is 11.8 Å². The third-order valence-electron chi connectivity index (χ3n) is 4.12. The molecule has 1 saturated heterocycles. The Morgan fingerprint density at radius 1 is 1.38 bits per heavy atom. The number of ether oxygens (including phenoxy) is 1. The summed E-state index contributed by atoms with van der Waals surface area (Å²) in [5.41, 5.74) is 0.745. The molecule has 1 unspecified atom stereocenters. The SMILES string of the molecule is Cn1ccnc1C(NC(=O)N1CCOCC(F)(F)C1)c1ccc(Cl)cc1. The van der Waals surface area contributed by atoms with E-state index in [1.54, 1.807) is 48.3 Å². The lowest BCUT2D eigenvalue weighted by molar-refractivity contribution is -0.0652. The average molecular weight is 385 g/mol. The number of alkyl halides is 2. The van der Waals surface area contributed by atoms with Gasteiger partial charge in [0, 0.05) is 31.0 Å². The Hall–Kier alpha value is -2.19. The van der Waals surface area contributed by atoms with Crippen LogP contribution < -0.4 is 5.32 Å². The summed E-state index contributed by atoms with van der Waals surface area (Å²) in [6, 6.07) is 5.74. The summed E-state index contributed by atoms with van der Waals surface area (Å²) in [6.07, 6.45) is 3.36. The van der Waals surface area contributed by atoms with Crippen LogP contribution in [0, 0.1) is 0 Å². The molecule has 1 N–H and O–H groups in total. The second-order valence-corrected chi connectivity index (χ2v) is 6.60. The molecule has 0 bridgehead atoms. The van der Waals surface area contributed by atoms with E-state index in [0.29, 0.717) is 10.8 Å². The Morgan fingerprint density at radius 2 is 2.12 bits per heavy atom. The number of carbonyl (C=O) groups excluding carboxylic acids is 1. The van der Waals surface area contributed by atoms with Crippen LogP contribution in [0.1, 0.15) is 17.4 Å². The van der Waals surface area contributed by atoms with E-state index in [0.717, 1.165) is 10.5 Å². The van der Waals surface area contributed by atoms with Crippen molar-refractivity contribution in [2.45, 2.75) is 12.0 Å². The zero-order chi connectivity index (χ0) is 18.7. The second kappa shape index (κ2) is 7.59. The lowest BCUT2D eigenvalue weighted by Crippen LogP contribution is -2.47. The number of amides is 2. The van der Waals surface area contributed by atoms with Crippen LogP contribution in [0.4, 0.5) is 13.6 Å². The van der Waals surface area contributed by atoms with Gasteiger partial charge in [-0.25, -0.2) is 18.6 Å². The first-order valence-corrected chi connectivity index (χ1v) is 8.47. The standard InChI is InChI=1S/C17H19ClF2N4O2/c1-23-7-6-21-15(23)14(12-2-4-13(18)5-3-12)22-16(25)24-8-9-26-11-17(19,20)10-24/h2-7,14H,8-11H2,1H3,(H,22,25). The van der Waals surface area contributed by atoms with Crippen molar-refractivity contribution in [3.8, 4) is 0 Å². The van der Waals surface area contributed by atoms with Crippen molar-refractivity contribution in [3.05, 3.63) is 53.1 Å². The van der Waals surface area contributed by atoms with Gasteiger partial charge in [0.2, 0.25) is 0 Å². The summed E-state index contributed by atoms with van der Waals surface area (Å²) in [6.45, 7) is -1.21. The Morgan fingerprint density at radius 3 is 2.77 bits per heavy atom. The number of carbonyl (C=O) groups is 1. The molecule has 1 fully saturated rings. The lowest BCUT2D eigenvalue weighted by atomic mass is 10.1. The fraction of sp³-hybridized carbons (Fsp3) is 0.412. The molecule has 2 aromatic rings. The maximum absolute atomic E-state index is 13.7. The van der Waals surface area contributed by atoms with E-state index < -0.39 is 31.1 Å². The second-order valence-electron chi connectivity index (χ2n) is 6.16. The highest BCUT2D eigenvalue weighted by Crippen LogP contribution is 2.24. The van der Waals surface area contributed by atoms with Crippen LogP contribution in [0.25, 0.3) is 0 Å². The molecule has 26 heavy (non-hydrogen) atoms. The van der Waals surface area contributed by atoms with Gasteiger partial charge < -0.3 is 19.5 Å². The van der Waals surface area contributed by atoms with Gasteiger partial charge in [0.15, 0.2) is 0 Å². The summed E-state index contributed by atoms with van der Waals surface area (Å²) in [7, 11) is 1.80. The highest BCUT2D eigenvalue weighted by atomic mass is 35.5. The summed E-state index contributed by atoms with van der Waals surface area (Å²) in [5, 5.41) is 3.36. The van der Waals surface area contributed by atoms with Gasteiger partial charge in [-0.2, -0.15) is 0 Å². The molecule has 1 aromatic heterocycles. The van der Waals surface area contributed by atoms with E-state index in [1.165, 1.54) is 0 Å². The van der Waals surface area contributed by atoms with Crippen LogP contribution in [0.5, 0.6) is 0 Å². The van der Waals surface area contributed by atoms with Crippen LogP contribution in [-0.4, -0.2) is 52.7 Å². The highest BCUT2D eigenvalue weighted by Gasteiger charge is 2.37. The van der Waals surface area contributed by atoms with Gasteiger partial charge in [-0.15, -0.1) is 0 Å². The number of hydrogen-bond donors (Lipinski definition) is 1. The quantitative estimate of drug-likeness (QED) is 0.885. The van der Waals surface area contributed by atoms with Crippen LogP contribution in [0.15, 0.2) is 36.7 Å². The molecular formula is C17H19ClF2N4O2. The minimum atomic E-state index is -3.08. The molecule has 9 heteroatoms. The van der Waals surface area contributed by atoms with Crippen molar-refractivity contribution < 1.29 is 18.3 Å². The minimum absolute atomic E-state index is 0.0665. The van der Waals surface area contributed by atoms with Crippen molar-refractivity contribution in [3.63, 3.8) is 0 Å². The molecule has 1 aliphatic heterocycles. The number of benzene rings is 1. The van der Waals surface area contributed by atoms with Gasteiger partial charge >= 0.3 is 6.03 Å². The van der Waals surface area contributed by atoms with E-state index in [4.69, 9.17) is 16.3 Å². The van der Waals surface area contributed by atoms with Crippen LogP contribution in [0.2, 0.25) is 5.02 Å². The maximum atomic E-state index is 13.7. The van der Waals surface area contributed by atoms with Crippen LogP contribution >= 0.6 is 11.6 Å². The van der Waals surface area contributed by atoms with Gasteiger partial charge in [0.25, 0.3) is 5.92 Å². The molecule has 0 spiro atoms. The molecular weight excluding hydrogens is 366 g/mol. The zero-order valence-electron chi connectivity index (χ0n) is 14.2. The van der Waals surface area contributed by atoms with E-state index in [1.807, 2.05) is 0 Å². The molecule has 1 aromatic carbocycles. The van der Waals surface area contributed by atoms with Gasteiger partial charge in [0.1, 0.15) is 18.5 Å². The first kappa shape index (κ1) is 18.6. The average Bonchev–Trinajstić information content (AvgIpc) is 2.92. The Kier molecular flexibility index (Phi) is 5.43. The monoisotopic (exact) mass is 384 g/mol. The molecule has 0 aliphatic carbocycles. The third kappa shape index (κ3) is 4.31. The van der Waals surface area contributed by atoms with Crippen molar-refractivity contribution >= 4 is 17.6 Å². The number of urea groups is 1. The van der Waals surface area contributed by atoms with Gasteiger partial charge in [-0.1, -0.05) is 23.7 Å². The molecule has 3 rings (SSSR count). The number of halogens is 3. The predicted octanol–water partition coefficient (Wildman–Crippen LogP) is 2.84. The summed E-state index contributed by atoms with van der Waals surface area (Å²) in [5.74, 6) is -2.49. The minimum Gasteiger partial charge on any atom is -0.373 e. The van der Waals surface area contributed by atoms with E-state index in [9.17, 15) is 13.6 Å². The Labute approximate surface area is 154 Å². The molecule has 1 atom stereocenters. The third-order valence-corrected chi connectivity index (χ3v) is 4.37. The Bertz CT molecular complexity index is 766. The van der Waals surface area contributed by atoms with Crippen molar-refractivity contribution in [2.75, 3.05) is 26.3 Å². The van der Waals surface area contributed by atoms with E-state index in [-0.39, 0.29) is 13.2 Å². The first-order chi connectivity index (χ1) is 12.4. The van der Waals surface area contributed by atoms with Crippen LogP contribution in [0.3, 0.4) is 0 Å². The highest BCUT2D eigenvalue weighted by molar-refractivity contribution is 6.30. The number of imidazole rings is 1. The van der Waals surface area contributed by atoms with Crippen molar-refractivity contribution in [2.24, 2.45) is 7.05 Å². The van der Waals surface area contributed by atoms with Crippen molar-refractivity contribution in [1.29, 1.82) is 0 Å². The molecule has 0 radical (unpaired) electrons. The molecule has 2 heterocycles. The molecule has 2 amide bonds.